The summed E-state index contributed by atoms with van der Waals surface area (Å²) in [6.07, 6.45) is 1.21. The molecule has 0 atom stereocenters. The van der Waals surface area contributed by atoms with E-state index in [1.54, 1.807) is 0 Å². The van der Waals surface area contributed by atoms with Gasteiger partial charge in [0.05, 0.1) is 12.2 Å². The van der Waals surface area contributed by atoms with Crippen LogP contribution in [0.5, 0.6) is 0 Å². The van der Waals surface area contributed by atoms with Gasteiger partial charge < -0.3 is 14.3 Å². The minimum atomic E-state index is -0.997. The summed E-state index contributed by atoms with van der Waals surface area (Å²) < 4.78 is 10.5. The Balaban J connectivity index is 1.84. The molecule has 0 unspecified atom stereocenters. The fourth-order valence-corrected chi connectivity index (χ4v) is 1.41. The van der Waals surface area contributed by atoms with E-state index in [0.717, 1.165) is 5.56 Å². The highest BCUT2D eigenvalue weighted by Crippen LogP contribution is 2.10. The molecule has 4 nitrogen and oxygen atoms in total. The van der Waals surface area contributed by atoms with Gasteiger partial charge in [0.2, 0.25) is 0 Å². The monoisotopic (exact) mass is 232 g/mol. The molecule has 4 heteroatoms. The van der Waals surface area contributed by atoms with E-state index in [4.69, 9.17) is 14.3 Å². The van der Waals surface area contributed by atoms with Gasteiger partial charge in [0.25, 0.3) is 0 Å². The lowest BCUT2D eigenvalue weighted by molar-refractivity contribution is 0.0696. The van der Waals surface area contributed by atoms with Crippen molar-refractivity contribution in [1.82, 2.24) is 0 Å². The molecule has 1 heterocycles. The Hall–Kier alpha value is -2.07. The second-order valence-corrected chi connectivity index (χ2v) is 3.59. The molecule has 0 saturated heterocycles. The molecule has 0 radical (unpaired) electrons. The molecule has 17 heavy (non-hydrogen) atoms. The van der Waals surface area contributed by atoms with E-state index < -0.39 is 5.97 Å². The van der Waals surface area contributed by atoms with Crippen LogP contribution in [0.15, 0.2) is 47.1 Å². The third-order valence-corrected chi connectivity index (χ3v) is 2.26. The topological polar surface area (TPSA) is 59.7 Å². The summed E-state index contributed by atoms with van der Waals surface area (Å²) in [5.41, 5.74) is 1.21. The van der Waals surface area contributed by atoms with Crippen LogP contribution >= 0.6 is 0 Å². The van der Waals surface area contributed by atoms with Gasteiger partial charge in [-0.1, -0.05) is 30.3 Å². The second-order valence-electron chi connectivity index (χ2n) is 3.59. The first-order valence-electron chi connectivity index (χ1n) is 5.18. The number of hydrogen-bond acceptors (Lipinski definition) is 3. The molecule has 88 valence electrons. The van der Waals surface area contributed by atoms with Crippen LogP contribution in [0.2, 0.25) is 0 Å². The minimum absolute atomic E-state index is 0.142. The minimum Gasteiger partial charge on any atom is -0.478 e. The summed E-state index contributed by atoms with van der Waals surface area (Å²) in [6.45, 7) is 0.742. The molecule has 1 aromatic heterocycles. The van der Waals surface area contributed by atoms with Crippen LogP contribution < -0.4 is 0 Å². The number of carboxylic acids is 1. The van der Waals surface area contributed by atoms with Crippen molar-refractivity contribution in [1.29, 1.82) is 0 Å². The third kappa shape index (κ3) is 3.19. The number of rotatable bonds is 5. The summed E-state index contributed by atoms with van der Waals surface area (Å²) in [5, 5.41) is 8.70. The van der Waals surface area contributed by atoms with Gasteiger partial charge in [-0.05, 0) is 11.6 Å². The van der Waals surface area contributed by atoms with Gasteiger partial charge >= 0.3 is 5.97 Å². The molecule has 2 aromatic rings. The van der Waals surface area contributed by atoms with Crippen molar-refractivity contribution in [2.75, 3.05) is 0 Å². The number of aromatic carboxylic acids is 1. The van der Waals surface area contributed by atoms with Gasteiger partial charge in [0, 0.05) is 0 Å². The molecule has 0 spiro atoms. The van der Waals surface area contributed by atoms with Crippen LogP contribution in [0.4, 0.5) is 0 Å². The molecule has 0 aliphatic carbocycles. The van der Waals surface area contributed by atoms with Crippen molar-refractivity contribution in [2.45, 2.75) is 13.2 Å². The van der Waals surface area contributed by atoms with Crippen LogP contribution in [0, 0.1) is 0 Å². The van der Waals surface area contributed by atoms with Crippen LogP contribution in [0.1, 0.15) is 21.7 Å². The van der Waals surface area contributed by atoms with E-state index in [2.05, 4.69) is 0 Å². The molecule has 0 saturated carbocycles. The van der Waals surface area contributed by atoms with Crippen molar-refractivity contribution < 1.29 is 19.1 Å². The largest absolute Gasteiger partial charge is 0.478 e. The average molecular weight is 232 g/mol. The van der Waals surface area contributed by atoms with E-state index in [1.165, 1.54) is 12.3 Å². The number of carboxylic acid groups (broad SMARTS) is 1. The first-order chi connectivity index (χ1) is 8.25. The molecule has 2 rings (SSSR count). The molecule has 1 N–H and O–H groups in total. The first kappa shape index (κ1) is 11.4. The molecule has 0 aliphatic heterocycles. The molecule has 0 fully saturated rings. The Labute approximate surface area is 98.4 Å². The summed E-state index contributed by atoms with van der Waals surface area (Å²) in [5.74, 6) is -0.485. The standard InChI is InChI=1S/C13H12O4/c14-13(15)11-6-12(17-8-11)9-16-7-10-4-2-1-3-5-10/h1-6,8H,7,9H2,(H,14,15). The molecule has 0 aliphatic rings. The lowest BCUT2D eigenvalue weighted by Crippen LogP contribution is -1.94. The number of ether oxygens (including phenoxy) is 1. The van der Waals surface area contributed by atoms with Crippen molar-refractivity contribution in [3.8, 4) is 0 Å². The molecule has 1 aromatic carbocycles. The Morgan fingerprint density at radius 1 is 1.24 bits per heavy atom. The quantitative estimate of drug-likeness (QED) is 0.861. The maximum atomic E-state index is 10.6. The zero-order valence-electron chi connectivity index (χ0n) is 9.13. The van der Waals surface area contributed by atoms with Crippen molar-refractivity contribution in [3.63, 3.8) is 0 Å². The number of hydrogen-bond donors (Lipinski definition) is 1. The Morgan fingerprint density at radius 3 is 2.65 bits per heavy atom. The zero-order valence-corrected chi connectivity index (χ0v) is 9.13. The first-order valence-corrected chi connectivity index (χ1v) is 5.18. The third-order valence-electron chi connectivity index (χ3n) is 2.26. The van der Waals surface area contributed by atoms with E-state index in [9.17, 15) is 4.79 Å². The zero-order chi connectivity index (χ0) is 12.1. The SMILES string of the molecule is O=C(O)c1coc(COCc2ccccc2)c1. The summed E-state index contributed by atoms with van der Waals surface area (Å²) in [6, 6.07) is 11.2. The second kappa shape index (κ2) is 5.32. The lowest BCUT2D eigenvalue weighted by Gasteiger charge is -2.01. The van der Waals surface area contributed by atoms with Gasteiger partial charge in [-0.25, -0.2) is 4.79 Å². The van der Waals surface area contributed by atoms with Gasteiger partial charge in [-0.15, -0.1) is 0 Å². The van der Waals surface area contributed by atoms with Crippen LogP contribution in [-0.4, -0.2) is 11.1 Å². The fraction of sp³-hybridized carbons (Fsp3) is 0.154. The van der Waals surface area contributed by atoms with Crippen molar-refractivity contribution in [2.24, 2.45) is 0 Å². The fourth-order valence-electron chi connectivity index (χ4n) is 1.41. The highest BCUT2D eigenvalue weighted by Gasteiger charge is 2.07. The predicted octanol–water partition coefficient (Wildman–Crippen LogP) is 2.69. The molecular weight excluding hydrogens is 220 g/mol. The smallest absolute Gasteiger partial charge is 0.338 e. The number of carbonyl (C=O) groups is 1. The highest BCUT2D eigenvalue weighted by atomic mass is 16.5. The molecule has 0 bridgehead atoms. The van der Waals surface area contributed by atoms with Crippen molar-refractivity contribution in [3.05, 3.63) is 59.5 Å². The highest BCUT2D eigenvalue weighted by molar-refractivity contribution is 5.87. The lowest BCUT2D eigenvalue weighted by atomic mass is 10.2. The van der Waals surface area contributed by atoms with Crippen LogP contribution in [-0.2, 0) is 18.0 Å². The summed E-state index contributed by atoms with van der Waals surface area (Å²) >= 11 is 0. The number of benzene rings is 1. The van der Waals surface area contributed by atoms with E-state index in [1.807, 2.05) is 30.3 Å². The average Bonchev–Trinajstić information content (AvgIpc) is 2.79. The Bertz CT molecular complexity index is 487. The van der Waals surface area contributed by atoms with E-state index >= 15 is 0 Å². The molecule has 0 amide bonds. The van der Waals surface area contributed by atoms with Gasteiger partial charge in [-0.3, -0.25) is 0 Å². The molecular formula is C13H12O4. The predicted molar refractivity (Wildman–Crippen MR) is 60.6 cm³/mol. The van der Waals surface area contributed by atoms with Crippen LogP contribution in [0.3, 0.4) is 0 Å². The Kier molecular flexibility index (Phi) is 3.57. The maximum Gasteiger partial charge on any atom is 0.338 e. The normalized spacial score (nSPS) is 10.4. The number of furan rings is 1. The Morgan fingerprint density at radius 2 is 2.00 bits per heavy atom. The maximum absolute atomic E-state index is 10.6. The summed E-state index contributed by atoms with van der Waals surface area (Å²) in [4.78, 5) is 10.6. The van der Waals surface area contributed by atoms with E-state index in [0.29, 0.717) is 12.4 Å². The van der Waals surface area contributed by atoms with Gasteiger partial charge in [0.1, 0.15) is 18.6 Å². The summed E-state index contributed by atoms with van der Waals surface area (Å²) in [7, 11) is 0. The van der Waals surface area contributed by atoms with Gasteiger partial charge in [-0.2, -0.15) is 0 Å². The van der Waals surface area contributed by atoms with Crippen molar-refractivity contribution >= 4 is 5.97 Å². The van der Waals surface area contributed by atoms with E-state index in [-0.39, 0.29) is 12.2 Å². The van der Waals surface area contributed by atoms with Gasteiger partial charge in [0.15, 0.2) is 0 Å². The van der Waals surface area contributed by atoms with Crippen LogP contribution in [0.25, 0.3) is 0 Å².